The number of thiophene rings is 1. The van der Waals surface area contributed by atoms with Crippen LogP contribution in [0.4, 0.5) is 5.00 Å². The van der Waals surface area contributed by atoms with Crippen molar-refractivity contribution in [3.63, 3.8) is 0 Å². The topological polar surface area (TPSA) is 64.6 Å². The highest BCUT2D eigenvalue weighted by Crippen LogP contribution is 2.41. The van der Waals surface area contributed by atoms with E-state index in [0.29, 0.717) is 21.9 Å². The summed E-state index contributed by atoms with van der Waals surface area (Å²) in [5, 5.41) is 3.35. The van der Waals surface area contributed by atoms with Crippen molar-refractivity contribution in [2.24, 2.45) is 0 Å². The maximum absolute atomic E-state index is 12.9. The van der Waals surface area contributed by atoms with Crippen molar-refractivity contribution in [1.29, 1.82) is 0 Å². The van der Waals surface area contributed by atoms with E-state index in [1.54, 1.807) is 31.2 Å². The van der Waals surface area contributed by atoms with Crippen molar-refractivity contribution in [3.05, 3.63) is 70.1 Å². The Bertz CT molecular complexity index is 1040. The van der Waals surface area contributed by atoms with Crippen LogP contribution in [0.3, 0.4) is 0 Å². The number of carbonyl (C=O) groups is 2. The number of amides is 1. The van der Waals surface area contributed by atoms with Gasteiger partial charge in [0.1, 0.15) is 16.3 Å². The van der Waals surface area contributed by atoms with E-state index < -0.39 is 5.97 Å². The number of esters is 1. The van der Waals surface area contributed by atoms with Gasteiger partial charge in [0.2, 0.25) is 0 Å². The van der Waals surface area contributed by atoms with Crippen LogP contribution in [-0.2, 0) is 4.74 Å². The molecule has 29 heavy (non-hydrogen) atoms. The molecule has 3 rings (SSSR count). The molecule has 0 fully saturated rings. The van der Waals surface area contributed by atoms with E-state index in [-0.39, 0.29) is 12.5 Å². The normalized spacial score (nSPS) is 10.5. The molecule has 6 heteroatoms. The van der Waals surface area contributed by atoms with E-state index in [2.05, 4.69) is 5.32 Å². The molecule has 0 spiro atoms. The summed E-state index contributed by atoms with van der Waals surface area (Å²) in [5.74, 6) is -0.331. The first kappa shape index (κ1) is 20.6. The number of nitrogens with one attached hydrogen (secondary N) is 1. The van der Waals surface area contributed by atoms with Gasteiger partial charge in [0.05, 0.1) is 19.3 Å². The van der Waals surface area contributed by atoms with Gasteiger partial charge < -0.3 is 14.8 Å². The quantitative estimate of drug-likeness (QED) is 0.548. The molecule has 5 nitrogen and oxygen atoms in total. The van der Waals surface area contributed by atoms with Crippen molar-refractivity contribution in [2.45, 2.75) is 20.8 Å². The molecule has 1 N–H and O–H groups in total. The van der Waals surface area contributed by atoms with Gasteiger partial charge in [-0.25, -0.2) is 4.79 Å². The van der Waals surface area contributed by atoms with Crippen LogP contribution < -0.4 is 10.1 Å². The van der Waals surface area contributed by atoms with Crippen LogP contribution in [0, 0.1) is 13.8 Å². The summed E-state index contributed by atoms with van der Waals surface area (Å²) >= 11 is 1.36. The van der Waals surface area contributed by atoms with Crippen molar-refractivity contribution >= 4 is 28.2 Å². The Morgan fingerprint density at radius 1 is 1.03 bits per heavy atom. The lowest BCUT2D eigenvalue weighted by Gasteiger charge is -2.11. The van der Waals surface area contributed by atoms with Gasteiger partial charge in [-0.3, -0.25) is 4.79 Å². The third-order valence-electron chi connectivity index (χ3n) is 4.48. The molecule has 3 aromatic rings. The van der Waals surface area contributed by atoms with Gasteiger partial charge in [0, 0.05) is 10.4 Å². The zero-order valence-corrected chi connectivity index (χ0v) is 17.7. The van der Waals surface area contributed by atoms with Crippen molar-refractivity contribution in [2.75, 3.05) is 19.0 Å². The molecule has 0 bridgehead atoms. The van der Waals surface area contributed by atoms with E-state index in [1.165, 1.54) is 18.4 Å². The van der Waals surface area contributed by atoms with Gasteiger partial charge in [-0.05, 0) is 38.5 Å². The minimum Gasteiger partial charge on any atom is -0.496 e. The Balaban J connectivity index is 2.06. The first-order valence-electron chi connectivity index (χ1n) is 9.28. The SMILES string of the molecule is CCOC(=O)c1c(NC(=O)c2ccccc2OC)sc(C)c1-c1ccc(C)cc1. The number of ether oxygens (including phenoxy) is 2. The highest BCUT2D eigenvalue weighted by atomic mass is 32.1. The summed E-state index contributed by atoms with van der Waals surface area (Å²) in [5.41, 5.74) is 3.59. The summed E-state index contributed by atoms with van der Waals surface area (Å²) in [4.78, 5) is 26.6. The summed E-state index contributed by atoms with van der Waals surface area (Å²) in [6.07, 6.45) is 0. The van der Waals surface area contributed by atoms with Crippen LogP contribution in [0.5, 0.6) is 5.75 Å². The average Bonchev–Trinajstić information content (AvgIpc) is 3.04. The van der Waals surface area contributed by atoms with E-state index >= 15 is 0 Å². The van der Waals surface area contributed by atoms with E-state index in [4.69, 9.17) is 9.47 Å². The number of hydrogen-bond acceptors (Lipinski definition) is 5. The van der Waals surface area contributed by atoms with Crippen LogP contribution in [0.1, 0.15) is 38.1 Å². The molecule has 150 valence electrons. The van der Waals surface area contributed by atoms with E-state index in [0.717, 1.165) is 21.6 Å². The Morgan fingerprint density at radius 2 is 1.72 bits per heavy atom. The third-order valence-corrected chi connectivity index (χ3v) is 5.50. The zero-order valence-electron chi connectivity index (χ0n) is 16.9. The fourth-order valence-electron chi connectivity index (χ4n) is 3.10. The summed E-state index contributed by atoms with van der Waals surface area (Å²) in [7, 11) is 1.51. The van der Waals surface area contributed by atoms with Crippen LogP contribution in [0.25, 0.3) is 11.1 Å². The molecule has 0 saturated carbocycles. The highest BCUT2D eigenvalue weighted by molar-refractivity contribution is 7.17. The standard InChI is InChI=1S/C23H23NO4S/c1-5-28-23(26)20-19(16-12-10-14(2)11-13-16)15(3)29-22(20)24-21(25)17-8-6-7-9-18(17)27-4/h6-13H,5H2,1-4H3,(H,24,25). The smallest absolute Gasteiger partial charge is 0.341 e. The highest BCUT2D eigenvalue weighted by Gasteiger charge is 2.26. The lowest BCUT2D eigenvalue weighted by atomic mass is 10.0. The summed E-state index contributed by atoms with van der Waals surface area (Å²) in [6, 6.07) is 14.9. The van der Waals surface area contributed by atoms with Crippen LogP contribution in [0.15, 0.2) is 48.5 Å². The second-order valence-electron chi connectivity index (χ2n) is 6.48. The number of benzene rings is 2. The van der Waals surface area contributed by atoms with Crippen LogP contribution in [-0.4, -0.2) is 25.6 Å². The van der Waals surface area contributed by atoms with Crippen molar-refractivity contribution in [3.8, 4) is 16.9 Å². The fourth-order valence-corrected chi connectivity index (χ4v) is 4.16. The number of anilines is 1. The van der Waals surface area contributed by atoms with Gasteiger partial charge in [-0.15, -0.1) is 11.3 Å². The number of methoxy groups -OCH3 is 1. The molecule has 1 heterocycles. The largest absolute Gasteiger partial charge is 0.496 e. The Hall–Kier alpha value is -3.12. The maximum Gasteiger partial charge on any atom is 0.341 e. The van der Waals surface area contributed by atoms with Gasteiger partial charge in [0.15, 0.2) is 0 Å². The minimum absolute atomic E-state index is 0.251. The predicted octanol–water partition coefficient (Wildman–Crippen LogP) is 5.47. The van der Waals surface area contributed by atoms with Crippen molar-refractivity contribution in [1.82, 2.24) is 0 Å². The second kappa shape index (κ2) is 8.92. The molecule has 0 aliphatic heterocycles. The van der Waals surface area contributed by atoms with Crippen molar-refractivity contribution < 1.29 is 19.1 Å². The number of hydrogen-bond donors (Lipinski definition) is 1. The number of para-hydroxylation sites is 1. The monoisotopic (exact) mass is 409 g/mol. The molecular weight excluding hydrogens is 386 g/mol. The molecule has 0 aliphatic carbocycles. The number of carbonyl (C=O) groups excluding carboxylic acids is 2. The molecular formula is C23H23NO4S. The first-order chi connectivity index (χ1) is 14.0. The number of rotatable bonds is 6. The van der Waals surface area contributed by atoms with Gasteiger partial charge >= 0.3 is 5.97 Å². The third kappa shape index (κ3) is 4.32. The van der Waals surface area contributed by atoms with E-state index in [9.17, 15) is 9.59 Å². The molecule has 2 aromatic carbocycles. The predicted molar refractivity (Wildman–Crippen MR) is 116 cm³/mol. The van der Waals surface area contributed by atoms with E-state index in [1.807, 2.05) is 38.1 Å². The Labute approximate surface area is 174 Å². The lowest BCUT2D eigenvalue weighted by molar-refractivity contribution is 0.0529. The average molecular weight is 410 g/mol. The van der Waals surface area contributed by atoms with Gasteiger partial charge in [-0.1, -0.05) is 42.0 Å². The first-order valence-corrected chi connectivity index (χ1v) is 10.1. The maximum atomic E-state index is 12.9. The molecule has 1 amide bonds. The second-order valence-corrected chi connectivity index (χ2v) is 7.70. The summed E-state index contributed by atoms with van der Waals surface area (Å²) < 4.78 is 10.6. The lowest BCUT2D eigenvalue weighted by Crippen LogP contribution is -2.15. The van der Waals surface area contributed by atoms with Crippen LogP contribution in [0.2, 0.25) is 0 Å². The van der Waals surface area contributed by atoms with Crippen LogP contribution >= 0.6 is 11.3 Å². The molecule has 0 aliphatic rings. The Morgan fingerprint density at radius 3 is 2.38 bits per heavy atom. The molecule has 0 radical (unpaired) electrons. The molecule has 0 atom stereocenters. The fraction of sp³-hybridized carbons (Fsp3) is 0.217. The molecule has 1 aromatic heterocycles. The molecule has 0 unspecified atom stereocenters. The number of aryl methyl sites for hydroxylation is 2. The van der Waals surface area contributed by atoms with Gasteiger partial charge in [-0.2, -0.15) is 0 Å². The minimum atomic E-state index is -0.456. The van der Waals surface area contributed by atoms with Gasteiger partial charge in [0.25, 0.3) is 5.91 Å². The Kier molecular flexibility index (Phi) is 6.34. The zero-order chi connectivity index (χ0) is 21.0. The molecule has 0 saturated heterocycles. The summed E-state index contributed by atoms with van der Waals surface area (Å²) in [6.45, 7) is 5.95.